The molecule has 17 heteroatoms. The molecule has 3 fully saturated rings. The van der Waals surface area contributed by atoms with Crippen LogP contribution in [0, 0.1) is 5.92 Å². The van der Waals surface area contributed by atoms with Crippen LogP contribution in [0.3, 0.4) is 0 Å². The van der Waals surface area contributed by atoms with E-state index in [-0.39, 0.29) is 75.9 Å². The van der Waals surface area contributed by atoms with Gasteiger partial charge in [0.15, 0.2) is 0 Å². The van der Waals surface area contributed by atoms with Crippen molar-refractivity contribution in [1.29, 1.82) is 0 Å². The number of nitrogens with zero attached hydrogens (tertiary/aromatic N) is 3. The Morgan fingerprint density at radius 2 is 1.71 bits per heavy atom. The molecular weight excluding hydrogens is 768 g/mol. The van der Waals surface area contributed by atoms with Gasteiger partial charge in [-0.1, -0.05) is 31.5 Å². The van der Waals surface area contributed by atoms with Crippen molar-refractivity contribution < 1.29 is 60.4 Å². The number of carboxylic acid groups (broad SMARTS) is 1. The number of aliphatic carboxylic acids is 1. The van der Waals surface area contributed by atoms with E-state index in [1.165, 1.54) is 4.90 Å². The molecule has 3 aliphatic rings. The zero-order chi connectivity index (χ0) is 40.5. The number of aromatic nitrogens is 1. The second kappa shape index (κ2) is 16.2. The van der Waals surface area contributed by atoms with Crippen LogP contribution in [0.5, 0.6) is 11.5 Å². The van der Waals surface area contributed by atoms with Crippen LogP contribution in [-0.2, 0) is 27.5 Å². The lowest BCUT2D eigenvalue weighted by Crippen LogP contribution is -2.68. The van der Waals surface area contributed by atoms with Gasteiger partial charge in [0.1, 0.15) is 22.1 Å². The SMILES string of the molecule is CCC[C@H]1N(C(=O)c2ncccc2C(F)(F)F)CCC[C@@]1(Oc1csc(C(F)(F)F)c1)C(=O)N1CCC(O)(c2ccccc2O[C@H]2CC[C@H](CC(=O)O)C2)CC1. The number of thiophene rings is 1. The van der Waals surface area contributed by atoms with E-state index in [2.05, 4.69) is 4.98 Å². The molecule has 4 heterocycles. The van der Waals surface area contributed by atoms with Crippen LogP contribution < -0.4 is 9.47 Å². The molecule has 0 bridgehead atoms. The number of aliphatic hydroxyl groups is 1. The summed E-state index contributed by atoms with van der Waals surface area (Å²) in [5.41, 5.74) is -5.08. The van der Waals surface area contributed by atoms with Gasteiger partial charge in [-0.15, -0.1) is 11.3 Å². The predicted molar refractivity (Wildman–Crippen MR) is 191 cm³/mol. The van der Waals surface area contributed by atoms with Crippen LogP contribution in [0.25, 0.3) is 0 Å². The number of halogens is 6. The van der Waals surface area contributed by atoms with Crippen molar-refractivity contribution in [3.05, 3.63) is 75.7 Å². The summed E-state index contributed by atoms with van der Waals surface area (Å²) in [6, 6.07) is 8.32. The van der Waals surface area contributed by atoms with Crippen LogP contribution in [-0.4, -0.2) is 80.2 Å². The van der Waals surface area contributed by atoms with Gasteiger partial charge in [0.05, 0.1) is 23.3 Å². The maximum Gasteiger partial charge on any atom is 0.425 e. The summed E-state index contributed by atoms with van der Waals surface area (Å²) in [5, 5.41) is 22.4. The van der Waals surface area contributed by atoms with Gasteiger partial charge in [-0.3, -0.25) is 19.4 Å². The van der Waals surface area contributed by atoms with Gasteiger partial charge in [0.25, 0.3) is 11.8 Å². The third kappa shape index (κ3) is 8.62. The van der Waals surface area contributed by atoms with Crippen LogP contribution in [0.15, 0.2) is 54.0 Å². The summed E-state index contributed by atoms with van der Waals surface area (Å²) in [6.07, 6.45) is -6.37. The first kappa shape index (κ1) is 41.3. The maximum absolute atomic E-state index is 15.0. The Hall–Kier alpha value is -4.38. The van der Waals surface area contributed by atoms with Crippen molar-refractivity contribution in [2.45, 2.75) is 107 Å². The molecular formula is C39H43F6N3O7S. The van der Waals surface area contributed by atoms with Gasteiger partial charge in [-0.25, -0.2) is 0 Å². The lowest BCUT2D eigenvalue weighted by atomic mass is 9.78. The van der Waals surface area contributed by atoms with Crippen molar-refractivity contribution in [2.24, 2.45) is 5.92 Å². The summed E-state index contributed by atoms with van der Waals surface area (Å²) in [5.74, 6) is -2.48. The quantitative estimate of drug-likeness (QED) is 0.187. The normalized spacial score (nSPS) is 24.2. The van der Waals surface area contributed by atoms with Crippen molar-refractivity contribution in [2.75, 3.05) is 19.6 Å². The highest BCUT2D eigenvalue weighted by Crippen LogP contribution is 2.45. The molecule has 10 nitrogen and oxygen atoms in total. The van der Waals surface area contributed by atoms with Crippen molar-refractivity contribution in [1.82, 2.24) is 14.8 Å². The van der Waals surface area contributed by atoms with E-state index >= 15 is 0 Å². The first-order valence-corrected chi connectivity index (χ1v) is 19.5. The number of alkyl halides is 6. The van der Waals surface area contributed by atoms with Gasteiger partial charge in [-0.2, -0.15) is 26.3 Å². The van der Waals surface area contributed by atoms with E-state index < -0.39 is 63.5 Å². The molecule has 1 saturated carbocycles. The fourth-order valence-electron chi connectivity index (χ4n) is 8.39. The van der Waals surface area contributed by atoms with Crippen molar-refractivity contribution in [3.63, 3.8) is 0 Å². The lowest BCUT2D eigenvalue weighted by Gasteiger charge is -2.51. The number of carbonyl (C=O) groups is 3. The molecule has 0 spiro atoms. The van der Waals surface area contributed by atoms with Crippen LogP contribution >= 0.6 is 11.3 Å². The van der Waals surface area contributed by atoms with Crippen molar-refractivity contribution in [3.8, 4) is 11.5 Å². The highest BCUT2D eigenvalue weighted by molar-refractivity contribution is 7.10. The summed E-state index contributed by atoms with van der Waals surface area (Å²) < 4.78 is 95.9. The summed E-state index contributed by atoms with van der Waals surface area (Å²) in [6.45, 7) is 1.64. The minimum atomic E-state index is -4.92. The molecule has 2 N–H and O–H groups in total. The van der Waals surface area contributed by atoms with Crippen LogP contribution in [0.4, 0.5) is 26.3 Å². The third-order valence-corrected chi connectivity index (χ3v) is 12.0. The van der Waals surface area contributed by atoms with Gasteiger partial charge >= 0.3 is 18.3 Å². The molecule has 4 atom stereocenters. The number of amides is 2. The van der Waals surface area contributed by atoms with E-state index in [9.17, 15) is 50.9 Å². The first-order valence-electron chi connectivity index (χ1n) is 18.6. The molecule has 2 amide bonds. The Morgan fingerprint density at radius 1 is 0.982 bits per heavy atom. The number of carbonyl (C=O) groups excluding carboxylic acids is 2. The first-order chi connectivity index (χ1) is 26.4. The molecule has 2 saturated heterocycles. The standard InChI is InChI=1S/C39H43F6N3O7S/c1-2-7-30-37(55-26-22-31(56-23-26)39(43,44)45,13-6-17-48(30)34(51)33-28(38(40,41)42)9-5-16-46-33)35(52)47-18-14-36(53,15-19-47)27-8-3-4-10-29(27)54-25-12-11-24(20-25)21-32(49)50/h3-5,8-10,16,22-25,30,53H,2,6-7,11-15,17-21H2,1H3,(H,49,50)/t24-,25-,30+,37-/m0/s1. The molecule has 6 rings (SSSR count). The average Bonchev–Trinajstić information content (AvgIpc) is 3.81. The minimum Gasteiger partial charge on any atom is -0.490 e. The minimum absolute atomic E-state index is 0.0242. The maximum atomic E-state index is 15.0. The number of rotatable bonds is 11. The Labute approximate surface area is 323 Å². The predicted octanol–water partition coefficient (Wildman–Crippen LogP) is 7.94. The molecule has 304 valence electrons. The number of carboxylic acids is 1. The Morgan fingerprint density at radius 3 is 2.38 bits per heavy atom. The molecule has 56 heavy (non-hydrogen) atoms. The van der Waals surface area contributed by atoms with Gasteiger partial charge < -0.3 is 29.5 Å². The molecule has 2 aliphatic heterocycles. The fourth-order valence-corrected chi connectivity index (χ4v) is 9.07. The summed E-state index contributed by atoms with van der Waals surface area (Å²) in [4.78, 5) is 45.6. The van der Waals surface area contributed by atoms with E-state index in [1.807, 2.05) is 0 Å². The number of hydrogen-bond donors (Lipinski definition) is 2. The number of likely N-dealkylation sites (tertiary alicyclic amines) is 2. The fraction of sp³-hybridized carbons (Fsp3) is 0.538. The van der Waals surface area contributed by atoms with Crippen LogP contribution in [0.1, 0.15) is 97.6 Å². The highest BCUT2D eigenvalue weighted by Gasteiger charge is 2.57. The number of benzene rings is 1. The Balaban J connectivity index is 1.30. The van der Waals surface area contributed by atoms with Crippen LogP contribution in [0.2, 0.25) is 0 Å². The lowest BCUT2D eigenvalue weighted by molar-refractivity contribution is -0.163. The van der Waals surface area contributed by atoms with Gasteiger partial charge in [-0.05, 0) is 69.1 Å². The molecule has 0 radical (unpaired) electrons. The smallest absolute Gasteiger partial charge is 0.425 e. The largest absolute Gasteiger partial charge is 0.490 e. The van der Waals surface area contributed by atoms with Crippen molar-refractivity contribution >= 4 is 29.1 Å². The topological polar surface area (TPSA) is 130 Å². The number of ether oxygens (including phenoxy) is 2. The van der Waals surface area contributed by atoms with Gasteiger partial charge in [0.2, 0.25) is 5.60 Å². The monoisotopic (exact) mass is 811 g/mol. The van der Waals surface area contributed by atoms with Gasteiger partial charge in [0, 0.05) is 55.7 Å². The summed E-state index contributed by atoms with van der Waals surface area (Å²) in [7, 11) is 0. The van der Waals surface area contributed by atoms with E-state index in [0.29, 0.717) is 48.3 Å². The van der Waals surface area contributed by atoms with E-state index in [4.69, 9.17) is 9.47 Å². The zero-order valence-corrected chi connectivity index (χ0v) is 31.4. The zero-order valence-electron chi connectivity index (χ0n) is 30.6. The number of pyridine rings is 1. The molecule has 1 aliphatic carbocycles. The number of piperidine rings is 2. The molecule has 1 aromatic carbocycles. The second-order valence-corrected chi connectivity index (χ2v) is 15.7. The number of hydrogen-bond acceptors (Lipinski definition) is 8. The highest BCUT2D eigenvalue weighted by atomic mass is 32.1. The Kier molecular flexibility index (Phi) is 12.0. The van der Waals surface area contributed by atoms with E-state index in [1.54, 1.807) is 31.2 Å². The average molecular weight is 812 g/mol. The summed E-state index contributed by atoms with van der Waals surface area (Å²) >= 11 is 0.365. The second-order valence-electron chi connectivity index (χ2n) is 14.8. The number of para-hydroxylation sites is 1. The van der Waals surface area contributed by atoms with E-state index in [0.717, 1.165) is 34.7 Å². The molecule has 3 aromatic rings. The molecule has 0 unspecified atom stereocenters. The molecule has 2 aromatic heterocycles. The Bertz CT molecular complexity index is 1900. The third-order valence-electron chi connectivity index (χ3n) is 11.0.